The van der Waals surface area contributed by atoms with Crippen molar-refractivity contribution in [2.75, 3.05) is 0 Å². The molecule has 1 atom stereocenters. The fourth-order valence-electron chi connectivity index (χ4n) is 1.38. The van der Waals surface area contributed by atoms with Gasteiger partial charge >= 0.3 is 0 Å². The van der Waals surface area contributed by atoms with E-state index in [9.17, 15) is 4.79 Å². The molecule has 1 spiro atoms. The SMILES string of the molecule is O=C1C=CC2(C=CC2)C1.[B]. The fourth-order valence-corrected chi connectivity index (χ4v) is 1.38. The lowest BCUT2D eigenvalue weighted by Crippen LogP contribution is -2.18. The van der Waals surface area contributed by atoms with E-state index in [4.69, 9.17) is 0 Å². The van der Waals surface area contributed by atoms with Crippen molar-refractivity contribution >= 4 is 14.2 Å². The average Bonchev–Trinajstić information content (AvgIpc) is 2.09. The maximum absolute atomic E-state index is 10.7. The first kappa shape index (κ1) is 7.32. The summed E-state index contributed by atoms with van der Waals surface area (Å²) in [5.41, 5.74) is 0.178. The van der Waals surface area contributed by atoms with Gasteiger partial charge in [-0.05, 0) is 12.5 Å². The average molecular weight is 131 g/mol. The molecule has 2 aliphatic rings. The van der Waals surface area contributed by atoms with Crippen LogP contribution in [0.25, 0.3) is 0 Å². The van der Waals surface area contributed by atoms with E-state index in [2.05, 4.69) is 12.2 Å². The Bertz CT molecular complexity index is 217. The van der Waals surface area contributed by atoms with Gasteiger partial charge < -0.3 is 0 Å². The maximum atomic E-state index is 10.7. The molecule has 10 heavy (non-hydrogen) atoms. The third-order valence-corrected chi connectivity index (χ3v) is 2.05. The van der Waals surface area contributed by atoms with Crippen LogP contribution in [0.4, 0.5) is 0 Å². The molecule has 49 valence electrons. The Hall–Kier alpha value is -0.785. The topological polar surface area (TPSA) is 17.1 Å². The fraction of sp³-hybridized carbons (Fsp3) is 0.375. The highest BCUT2D eigenvalue weighted by Crippen LogP contribution is 2.41. The molecule has 1 nitrogen and oxygen atoms in total. The smallest absolute Gasteiger partial charge is 0.156 e. The predicted octanol–water partition coefficient (Wildman–Crippen LogP) is 1.08. The summed E-state index contributed by atoms with van der Waals surface area (Å²) in [7, 11) is 0. The van der Waals surface area contributed by atoms with Gasteiger partial charge in [-0.3, -0.25) is 4.79 Å². The second-order valence-electron chi connectivity index (χ2n) is 2.82. The van der Waals surface area contributed by atoms with Crippen molar-refractivity contribution in [3.8, 4) is 0 Å². The van der Waals surface area contributed by atoms with E-state index in [-0.39, 0.29) is 19.6 Å². The van der Waals surface area contributed by atoms with Crippen LogP contribution in [0.5, 0.6) is 0 Å². The van der Waals surface area contributed by atoms with Crippen LogP contribution >= 0.6 is 0 Å². The lowest BCUT2D eigenvalue weighted by molar-refractivity contribution is -0.115. The van der Waals surface area contributed by atoms with Crippen molar-refractivity contribution in [1.29, 1.82) is 0 Å². The monoisotopic (exact) mass is 131 g/mol. The normalized spacial score (nSPS) is 34.2. The van der Waals surface area contributed by atoms with Crippen molar-refractivity contribution in [1.82, 2.24) is 0 Å². The van der Waals surface area contributed by atoms with Gasteiger partial charge in [0.2, 0.25) is 0 Å². The third kappa shape index (κ3) is 0.840. The maximum Gasteiger partial charge on any atom is 0.156 e. The molecule has 0 aromatic carbocycles. The largest absolute Gasteiger partial charge is 0.295 e. The number of carbonyl (C=O) groups excluding carboxylic acids is 1. The van der Waals surface area contributed by atoms with Gasteiger partial charge in [0.1, 0.15) is 0 Å². The zero-order valence-electron chi connectivity index (χ0n) is 5.71. The summed E-state index contributed by atoms with van der Waals surface area (Å²) >= 11 is 0. The highest BCUT2D eigenvalue weighted by Gasteiger charge is 2.34. The summed E-state index contributed by atoms with van der Waals surface area (Å²) in [6, 6.07) is 0. The Labute approximate surface area is 62.4 Å². The quantitative estimate of drug-likeness (QED) is 0.355. The van der Waals surface area contributed by atoms with Crippen LogP contribution in [-0.2, 0) is 4.79 Å². The van der Waals surface area contributed by atoms with Crippen LogP contribution in [-0.4, -0.2) is 14.2 Å². The molecular formula is C8H8BO. The van der Waals surface area contributed by atoms with Gasteiger partial charge in [-0.1, -0.05) is 18.2 Å². The molecule has 0 aromatic heterocycles. The third-order valence-electron chi connectivity index (χ3n) is 2.05. The standard InChI is InChI=1S/C8H8O.B/c9-7-2-5-8(6-7)3-1-4-8;/h1-3,5H,4,6H2;. The number of ketones is 1. The van der Waals surface area contributed by atoms with E-state index in [0.717, 1.165) is 6.42 Å². The van der Waals surface area contributed by atoms with E-state index in [0.29, 0.717) is 6.42 Å². The van der Waals surface area contributed by atoms with Gasteiger partial charge in [-0.2, -0.15) is 0 Å². The number of hydrogen-bond acceptors (Lipinski definition) is 1. The Morgan fingerprint density at radius 1 is 1.40 bits per heavy atom. The molecule has 0 fully saturated rings. The molecule has 2 heteroatoms. The Balaban J connectivity index is 0.000000500. The molecule has 0 bridgehead atoms. The zero-order valence-corrected chi connectivity index (χ0v) is 5.71. The van der Waals surface area contributed by atoms with Gasteiger partial charge in [0.05, 0.1) is 0 Å². The van der Waals surface area contributed by atoms with Gasteiger partial charge in [-0.15, -0.1) is 0 Å². The first-order valence-electron chi connectivity index (χ1n) is 3.21. The van der Waals surface area contributed by atoms with Gasteiger partial charge in [0.15, 0.2) is 5.78 Å². The molecule has 0 aromatic rings. The summed E-state index contributed by atoms with van der Waals surface area (Å²) in [5, 5.41) is 0. The molecule has 2 aliphatic carbocycles. The van der Waals surface area contributed by atoms with Crippen molar-refractivity contribution in [3.05, 3.63) is 24.3 Å². The van der Waals surface area contributed by atoms with Crippen LogP contribution in [0.1, 0.15) is 12.8 Å². The van der Waals surface area contributed by atoms with Crippen molar-refractivity contribution in [3.63, 3.8) is 0 Å². The molecule has 0 amide bonds. The highest BCUT2D eigenvalue weighted by molar-refractivity contribution is 5.93. The first-order chi connectivity index (χ1) is 4.31. The number of rotatable bonds is 0. The van der Waals surface area contributed by atoms with Crippen molar-refractivity contribution in [2.24, 2.45) is 5.41 Å². The van der Waals surface area contributed by atoms with Crippen LogP contribution in [0.2, 0.25) is 0 Å². The zero-order chi connectivity index (χ0) is 6.32. The molecule has 0 aliphatic heterocycles. The Kier molecular flexibility index (Phi) is 1.55. The van der Waals surface area contributed by atoms with E-state index in [1.54, 1.807) is 6.08 Å². The van der Waals surface area contributed by atoms with E-state index >= 15 is 0 Å². The molecule has 3 radical (unpaired) electrons. The lowest BCUT2D eigenvalue weighted by atomic mass is 9.76. The van der Waals surface area contributed by atoms with E-state index in [1.807, 2.05) is 6.08 Å². The van der Waals surface area contributed by atoms with E-state index < -0.39 is 0 Å². The molecule has 0 heterocycles. The number of carbonyl (C=O) groups is 1. The second-order valence-corrected chi connectivity index (χ2v) is 2.82. The van der Waals surface area contributed by atoms with Crippen molar-refractivity contribution in [2.45, 2.75) is 12.8 Å². The molecule has 0 saturated carbocycles. The first-order valence-corrected chi connectivity index (χ1v) is 3.21. The van der Waals surface area contributed by atoms with Gasteiger partial charge in [-0.25, -0.2) is 0 Å². The number of allylic oxidation sites excluding steroid dienone is 4. The molecule has 1 unspecified atom stereocenters. The van der Waals surface area contributed by atoms with Crippen LogP contribution in [0.15, 0.2) is 24.3 Å². The summed E-state index contributed by atoms with van der Waals surface area (Å²) in [6.07, 6.45) is 9.73. The molecular weight excluding hydrogens is 123 g/mol. The lowest BCUT2D eigenvalue weighted by Gasteiger charge is -2.27. The minimum Gasteiger partial charge on any atom is -0.295 e. The molecule has 0 N–H and O–H groups in total. The Morgan fingerprint density at radius 3 is 2.30 bits per heavy atom. The minimum atomic E-state index is 0. The second kappa shape index (κ2) is 2.12. The summed E-state index contributed by atoms with van der Waals surface area (Å²) in [5.74, 6) is 0.277. The van der Waals surface area contributed by atoms with Gasteiger partial charge in [0.25, 0.3) is 0 Å². The summed E-state index contributed by atoms with van der Waals surface area (Å²) in [6.45, 7) is 0. The number of hydrogen-bond donors (Lipinski definition) is 0. The van der Waals surface area contributed by atoms with Crippen LogP contribution in [0, 0.1) is 5.41 Å². The Morgan fingerprint density at radius 2 is 2.10 bits per heavy atom. The highest BCUT2D eigenvalue weighted by atomic mass is 16.1. The minimum absolute atomic E-state index is 0. The van der Waals surface area contributed by atoms with Crippen molar-refractivity contribution < 1.29 is 4.79 Å². The van der Waals surface area contributed by atoms with Gasteiger partial charge in [0, 0.05) is 20.2 Å². The molecule has 0 saturated heterocycles. The summed E-state index contributed by atoms with van der Waals surface area (Å²) < 4.78 is 0. The predicted molar refractivity (Wildman–Crippen MR) is 40.7 cm³/mol. The summed E-state index contributed by atoms with van der Waals surface area (Å²) in [4.78, 5) is 10.7. The van der Waals surface area contributed by atoms with E-state index in [1.165, 1.54) is 0 Å². The van der Waals surface area contributed by atoms with Crippen LogP contribution < -0.4 is 0 Å². The molecule has 2 rings (SSSR count). The van der Waals surface area contributed by atoms with Crippen LogP contribution in [0.3, 0.4) is 0 Å².